The van der Waals surface area contributed by atoms with Crippen molar-refractivity contribution in [2.45, 2.75) is 57.0 Å². The molecule has 2 fully saturated rings. The number of rotatable bonds is 4. The van der Waals surface area contributed by atoms with Crippen LogP contribution in [-0.4, -0.2) is 35.3 Å². The fraction of sp³-hybridized carbons (Fsp3) is 0.526. The van der Waals surface area contributed by atoms with Crippen LogP contribution < -0.4 is 10.6 Å². The van der Waals surface area contributed by atoms with E-state index in [0.29, 0.717) is 10.6 Å². The molecular weight excluding hydrogens is 389 g/mol. The second-order valence-electron chi connectivity index (χ2n) is 7.33. The zero-order chi connectivity index (χ0) is 19.6. The molecule has 0 bridgehead atoms. The number of carbonyl (C=O) groups excluding carboxylic acids is 3. The van der Waals surface area contributed by atoms with Crippen molar-refractivity contribution in [3.05, 3.63) is 33.8 Å². The third-order valence-corrected chi connectivity index (χ3v) is 5.81. The average molecular weight is 412 g/mol. The summed E-state index contributed by atoms with van der Waals surface area (Å²) in [5.41, 5.74) is -0.889. The first-order valence-corrected chi connectivity index (χ1v) is 9.96. The summed E-state index contributed by atoms with van der Waals surface area (Å²) in [5.74, 6) is -0.829. The SMILES string of the molecule is C[C@]1(c2ccc(Cl)cc2Cl)NC(=O)N(CC(=O)NC2CCCCCC2)C1=O. The Bertz CT molecular complexity index is 763. The Morgan fingerprint density at radius 2 is 1.89 bits per heavy atom. The number of nitrogens with one attached hydrogen (secondary N) is 2. The van der Waals surface area contributed by atoms with Gasteiger partial charge in [0, 0.05) is 21.7 Å². The van der Waals surface area contributed by atoms with Crippen LogP contribution in [0.4, 0.5) is 4.79 Å². The fourth-order valence-electron chi connectivity index (χ4n) is 3.76. The monoisotopic (exact) mass is 411 g/mol. The summed E-state index contributed by atoms with van der Waals surface area (Å²) in [5, 5.41) is 6.33. The molecule has 6 nitrogen and oxygen atoms in total. The summed E-state index contributed by atoms with van der Waals surface area (Å²) in [6.07, 6.45) is 6.40. The molecule has 4 amide bonds. The molecule has 2 N–H and O–H groups in total. The van der Waals surface area contributed by atoms with Crippen LogP contribution in [0.1, 0.15) is 51.0 Å². The maximum Gasteiger partial charge on any atom is 0.325 e. The lowest BCUT2D eigenvalue weighted by atomic mass is 9.92. The minimum Gasteiger partial charge on any atom is -0.352 e. The first-order chi connectivity index (χ1) is 12.8. The summed E-state index contributed by atoms with van der Waals surface area (Å²) < 4.78 is 0. The van der Waals surface area contributed by atoms with Crippen molar-refractivity contribution in [1.82, 2.24) is 15.5 Å². The summed E-state index contributed by atoms with van der Waals surface area (Å²) in [7, 11) is 0. The van der Waals surface area contributed by atoms with Crippen molar-refractivity contribution in [3.63, 3.8) is 0 Å². The minimum atomic E-state index is -1.33. The van der Waals surface area contributed by atoms with Crippen LogP contribution in [0.5, 0.6) is 0 Å². The molecule has 3 rings (SSSR count). The fourth-order valence-corrected chi connectivity index (χ4v) is 4.36. The van der Waals surface area contributed by atoms with Gasteiger partial charge in [0.05, 0.1) is 0 Å². The molecule has 8 heteroatoms. The van der Waals surface area contributed by atoms with Gasteiger partial charge in [-0.2, -0.15) is 0 Å². The summed E-state index contributed by atoms with van der Waals surface area (Å²) in [6, 6.07) is 4.24. The lowest BCUT2D eigenvalue weighted by Gasteiger charge is -2.23. The van der Waals surface area contributed by atoms with Crippen molar-refractivity contribution in [2.75, 3.05) is 6.54 Å². The molecule has 1 saturated carbocycles. The van der Waals surface area contributed by atoms with Gasteiger partial charge in [-0.15, -0.1) is 0 Å². The molecule has 2 aliphatic rings. The van der Waals surface area contributed by atoms with Crippen LogP contribution in [0, 0.1) is 0 Å². The molecule has 1 aromatic carbocycles. The smallest absolute Gasteiger partial charge is 0.325 e. The Hall–Kier alpha value is -1.79. The van der Waals surface area contributed by atoms with Crippen molar-refractivity contribution >= 4 is 41.0 Å². The highest BCUT2D eigenvalue weighted by Crippen LogP contribution is 2.34. The van der Waals surface area contributed by atoms with E-state index in [1.54, 1.807) is 19.1 Å². The molecule has 1 aromatic rings. The standard InChI is InChI=1S/C19H23Cl2N3O3/c1-19(14-9-8-12(20)10-15(14)21)17(26)24(18(27)23-19)11-16(25)22-13-6-4-2-3-5-7-13/h8-10,13H,2-7,11H2,1H3,(H,22,25)(H,23,27)/t19-/m1/s1. The van der Waals surface area contributed by atoms with E-state index >= 15 is 0 Å². The molecule has 146 valence electrons. The van der Waals surface area contributed by atoms with Crippen molar-refractivity contribution in [1.29, 1.82) is 0 Å². The van der Waals surface area contributed by atoms with Crippen LogP contribution in [0.15, 0.2) is 18.2 Å². The summed E-state index contributed by atoms with van der Waals surface area (Å²) in [6.45, 7) is 1.27. The molecule has 0 radical (unpaired) electrons. The molecule has 1 aliphatic carbocycles. The second-order valence-corrected chi connectivity index (χ2v) is 8.17. The number of imide groups is 1. The Labute approximate surface area is 168 Å². The van der Waals surface area contributed by atoms with Gasteiger partial charge in [0.1, 0.15) is 12.1 Å². The van der Waals surface area contributed by atoms with Gasteiger partial charge in [0.25, 0.3) is 5.91 Å². The van der Waals surface area contributed by atoms with Gasteiger partial charge in [0.15, 0.2) is 0 Å². The molecule has 1 saturated heterocycles. The van der Waals surface area contributed by atoms with Crippen LogP contribution in [0.3, 0.4) is 0 Å². The number of hydrogen-bond acceptors (Lipinski definition) is 3. The highest BCUT2D eigenvalue weighted by molar-refractivity contribution is 6.35. The molecule has 1 heterocycles. The normalized spacial score (nSPS) is 23.9. The predicted molar refractivity (Wildman–Crippen MR) is 104 cm³/mol. The van der Waals surface area contributed by atoms with E-state index in [2.05, 4.69) is 10.6 Å². The Kier molecular flexibility index (Phi) is 5.96. The van der Waals surface area contributed by atoms with Gasteiger partial charge in [-0.3, -0.25) is 14.5 Å². The van der Waals surface area contributed by atoms with Gasteiger partial charge in [0.2, 0.25) is 5.91 Å². The van der Waals surface area contributed by atoms with E-state index in [-0.39, 0.29) is 23.5 Å². The number of hydrogen-bond donors (Lipinski definition) is 2. The second kappa shape index (κ2) is 8.07. The lowest BCUT2D eigenvalue weighted by Crippen LogP contribution is -2.45. The Morgan fingerprint density at radius 3 is 2.52 bits per heavy atom. The first kappa shape index (κ1) is 20.0. The number of benzene rings is 1. The summed E-state index contributed by atoms with van der Waals surface area (Å²) in [4.78, 5) is 38.7. The third kappa shape index (κ3) is 4.22. The van der Waals surface area contributed by atoms with Crippen LogP contribution in [0.2, 0.25) is 10.0 Å². The van der Waals surface area contributed by atoms with E-state index in [1.165, 1.54) is 18.9 Å². The molecule has 1 atom stereocenters. The van der Waals surface area contributed by atoms with E-state index in [4.69, 9.17) is 23.2 Å². The van der Waals surface area contributed by atoms with E-state index < -0.39 is 17.5 Å². The molecule has 0 unspecified atom stereocenters. The molecule has 0 spiro atoms. The maximum atomic E-state index is 12.9. The lowest BCUT2D eigenvalue weighted by molar-refractivity contribution is -0.135. The van der Waals surface area contributed by atoms with Crippen molar-refractivity contribution < 1.29 is 14.4 Å². The largest absolute Gasteiger partial charge is 0.352 e. The molecule has 0 aromatic heterocycles. The number of nitrogens with zero attached hydrogens (tertiary/aromatic N) is 1. The van der Waals surface area contributed by atoms with Crippen LogP contribution in [-0.2, 0) is 15.1 Å². The highest BCUT2D eigenvalue weighted by Gasteiger charge is 2.50. The van der Waals surface area contributed by atoms with Gasteiger partial charge >= 0.3 is 6.03 Å². The predicted octanol–water partition coefficient (Wildman–Crippen LogP) is 3.60. The van der Waals surface area contributed by atoms with Crippen molar-refractivity contribution in [2.24, 2.45) is 0 Å². The Morgan fingerprint density at radius 1 is 1.22 bits per heavy atom. The highest BCUT2D eigenvalue weighted by atomic mass is 35.5. The zero-order valence-electron chi connectivity index (χ0n) is 15.2. The molecule has 1 aliphatic heterocycles. The number of carbonyl (C=O) groups is 3. The number of halogens is 2. The van der Waals surface area contributed by atoms with Crippen LogP contribution in [0.25, 0.3) is 0 Å². The Balaban J connectivity index is 1.71. The quantitative estimate of drug-likeness (QED) is 0.586. The first-order valence-electron chi connectivity index (χ1n) is 9.20. The topological polar surface area (TPSA) is 78.5 Å². The van der Waals surface area contributed by atoms with Gasteiger partial charge in [-0.1, -0.05) is 55.0 Å². The van der Waals surface area contributed by atoms with Crippen molar-refractivity contribution in [3.8, 4) is 0 Å². The maximum absolute atomic E-state index is 12.9. The molecular formula is C19H23Cl2N3O3. The minimum absolute atomic E-state index is 0.109. The molecule has 27 heavy (non-hydrogen) atoms. The van der Waals surface area contributed by atoms with E-state index in [1.807, 2.05) is 0 Å². The van der Waals surface area contributed by atoms with Gasteiger partial charge < -0.3 is 10.6 Å². The zero-order valence-corrected chi connectivity index (χ0v) is 16.7. The third-order valence-electron chi connectivity index (χ3n) is 5.27. The number of amides is 4. The van der Waals surface area contributed by atoms with Crippen LogP contribution >= 0.6 is 23.2 Å². The van der Waals surface area contributed by atoms with Gasteiger partial charge in [-0.05, 0) is 31.9 Å². The van der Waals surface area contributed by atoms with Gasteiger partial charge in [-0.25, -0.2) is 4.79 Å². The van der Waals surface area contributed by atoms with E-state index in [9.17, 15) is 14.4 Å². The average Bonchev–Trinajstić information content (AvgIpc) is 2.78. The summed E-state index contributed by atoms with van der Waals surface area (Å²) >= 11 is 12.1. The van der Waals surface area contributed by atoms with E-state index in [0.717, 1.165) is 30.6 Å². The number of urea groups is 1.